The number of amides is 3. The number of hydrogen-bond acceptors (Lipinski definition) is 4. The van der Waals surface area contributed by atoms with Crippen molar-refractivity contribution in [2.75, 3.05) is 6.54 Å². The van der Waals surface area contributed by atoms with Crippen LogP contribution in [0.2, 0.25) is 0 Å². The first-order valence-corrected chi connectivity index (χ1v) is 11.8. The van der Waals surface area contributed by atoms with Gasteiger partial charge in [-0.2, -0.15) is 4.99 Å². The Kier molecular flexibility index (Phi) is 6.30. The van der Waals surface area contributed by atoms with E-state index in [2.05, 4.69) is 10.3 Å². The maximum atomic E-state index is 14.0. The Labute approximate surface area is 184 Å². The van der Waals surface area contributed by atoms with E-state index in [1.807, 2.05) is 30.9 Å². The van der Waals surface area contributed by atoms with Gasteiger partial charge in [0.2, 0.25) is 11.8 Å². The first kappa shape index (κ1) is 21.8. The van der Waals surface area contributed by atoms with Gasteiger partial charge in [-0.3, -0.25) is 14.4 Å². The molecule has 0 aromatic heterocycles. The lowest BCUT2D eigenvalue weighted by molar-refractivity contribution is -0.148. The molecule has 1 unspecified atom stereocenters. The van der Waals surface area contributed by atoms with Gasteiger partial charge in [0.05, 0.1) is 13.0 Å². The van der Waals surface area contributed by atoms with E-state index in [1.54, 1.807) is 11.0 Å². The fourth-order valence-electron chi connectivity index (χ4n) is 5.61. The maximum Gasteiger partial charge on any atom is 0.250 e. The highest BCUT2D eigenvalue weighted by molar-refractivity contribution is 6.10. The van der Waals surface area contributed by atoms with Gasteiger partial charge < -0.3 is 15.1 Å². The molecule has 31 heavy (non-hydrogen) atoms. The van der Waals surface area contributed by atoms with Gasteiger partial charge in [-0.15, -0.1) is 0 Å². The van der Waals surface area contributed by atoms with Crippen molar-refractivity contribution in [3.8, 4) is 0 Å². The summed E-state index contributed by atoms with van der Waals surface area (Å²) >= 11 is 0. The third kappa shape index (κ3) is 4.46. The highest BCUT2D eigenvalue weighted by atomic mass is 16.2. The van der Waals surface area contributed by atoms with Gasteiger partial charge in [-0.05, 0) is 51.7 Å². The Bertz CT molecular complexity index is 834. The second kappa shape index (κ2) is 8.97. The minimum atomic E-state index is -1.08. The van der Waals surface area contributed by atoms with Crippen molar-refractivity contribution < 1.29 is 14.4 Å². The second-order valence-corrected chi connectivity index (χ2v) is 9.59. The summed E-state index contributed by atoms with van der Waals surface area (Å²) in [6.45, 7) is 3.80. The van der Waals surface area contributed by atoms with E-state index in [1.165, 1.54) is 6.42 Å². The number of amidine groups is 1. The van der Waals surface area contributed by atoms with Crippen molar-refractivity contribution in [1.82, 2.24) is 15.1 Å². The minimum Gasteiger partial charge on any atom is -0.352 e. The van der Waals surface area contributed by atoms with Crippen molar-refractivity contribution in [3.63, 3.8) is 0 Å². The zero-order valence-electron chi connectivity index (χ0n) is 18.7. The van der Waals surface area contributed by atoms with Crippen molar-refractivity contribution in [2.45, 2.75) is 95.7 Å². The molecule has 7 nitrogen and oxygen atoms in total. The molecule has 2 fully saturated rings. The number of carbonyl (C=O) groups excluding carboxylic acids is 3. The molecule has 0 saturated heterocycles. The van der Waals surface area contributed by atoms with Gasteiger partial charge in [0.25, 0.3) is 5.91 Å². The summed E-state index contributed by atoms with van der Waals surface area (Å²) in [7, 11) is 0. The SMILES string of the molecule is CC1=CC=CC2=NC(=O)CC(C)(C(=O)N(CC(=O)NC3CCCCC3)C3CCCC3)N12. The molecule has 2 aliphatic carbocycles. The molecule has 0 radical (unpaired) electrons. The largest absolute Gasteiger partial charge is 0.352 e. The molecule has 2 saturated carbocycles. The molecule has 0 spiro atoms. The summed E-state index contributed by atoms with van der Waals surface area (Å²) < 4.78 is 0. The van der Waals surface area contributed by atoms with Crippen LogP contribution >= 0.6 is 0 Å². The number of nitrogens with zero attached hydrogens (tertiary/aromatic N) is 3. The van der Waals surface area contributed by atoms with E-state index >= 15 is 0 Å². The molecule has 0 aromatic rings. The normalized spacial score (nSPS) is 26.9. The van der Waals surface area contributed by atoms with E-state index in [4.69, 9.17) is 0 Å². The van der Waals surface area contributed by atoms with Crippen LogP contribution in [-0.2, 0) is 14.4 Å². The summed E-state index contributed by atoms with van der Waals surface area (Å²) in [6.07, 6.45) is 15.0. The first-order chi connectivity index (χ1) is 14.9. The fraction of sp³-hybridized carbons (Fsp3) is 0.667. The van der Waals surface area contributed by atoms with Crippen LogP contribution in [0.5, 0.6) is 0 Å². The van der Waals surface area contributed by atoms with E-state index < -0.39 is 5.54 Å². The summed E-state index contributed by atoms with van der Waals surface area (Å²) in [5, 5.41) is 3.16. The zero-order valence-corrected chi connectivity index (χ0v) is 18.7. The maximum absolute atomic E-state index is 14.0. The molecule has 2 heterocycles. The summed E-state index contributed by atoms with van der Waals surface area (Å²) in [5.41, 5.74) is -0.199. The van der Waals surface area contributed by atoms with Gasteiger partial charge in [0.1, 0.15) is 11.4 Å². The number of carbonyl (C=O) groups is 3. The third-order valence-corrected chi connectivity index (χ3v) is 7.16. The van der Waals surface area contributed by atoms with Crippen LogP contribution in [0.25, 0.3) is 0 Å². The molecule has 0 bridgehead atoms. The van der Waals surface area contributed by atoms with Gasteiger partial charge in [0.15, 0.2) is 0 Å². The monoisotopic (exact) mass is 426 g/mol. The Morgan fingerprint density at radius 2 is 1.84 bits per heavy atom. The molecular weight excluding hydrogens is 392 g/mol. The Balaban J connectivity index is 1.57. The van der Waals surface area contributed by atoms with Crippen LogP contribution < -0.4 is 5.32 Å². The number of rotatable bonds is 5. The molecule has 3 amide bonds. The van der Waals surface area contributed by atoms with Crippen LogP contribution in [0, 0.1) is 0 Å². The topological polar surface area (TPSA) is 82.1 Å². The lowest BCUT2D eigenvalue weighted by Crippen LogP contribution is -2.64. The van der Waals surface area contributed by atoms with E-state index in [0.717, 1.165) is 57.1 Å². The Morgan fingerprint density at radius 1 is 1.16 bits per heavy atom. The van der Waals surface area contributed by atoms with Crippen molar-refractivity contribution in [2.24, 2.45) is 4.99 Å². The summed E-state index contributed by atoms with van der Waals surface area (Å²) in [6, 6.07) is 0.258. The average Bonchev–Trinajstić information content (AvgIpc) is 3.26. The zero-order chi connectivity index (χ0) is 22.0. The highest BCUT2D eigenvalue weighted by Gasteiger charge is 2.50. The van der Waals surface area contributed by atoms with E-state index in [-0.39, 0.29) is 42.8 Å². The fourth-order valence-corrected chi connectivity index (χ4v) is 5.61. The van der Waals surface area contributed by atoms with Crippen LogP contribution in [-0.4, -0.2) is 57.5 Å². The molecule has 1 N–H and O–H groups in total. The number of allylic oxidation sites excluding steroid dienone is 3. The number of hydrogen-bond donors (Lipinski definition) is 1. The van der Waals surface area contributed by atoms with Crippen molar-refractivity contribution in [3.05, 3.63) is 23.9 Å². The lowest BCUT2D eigenvalue weighted by atomic mass is 9.88. The summed E-state index contributed by atoms with van der Waals surface area (Å²) in [4.78, 5) is 47.2. The van der Waals surface area contributed by atoms with Crippen molar-refractivity contribution >= 4 is 23.6 Å². The molecule has 7 heteroatoms. The molecule has 4 aliphatic rings. The molecular formula is C24H34N4O3. The van der Waals surface area contributed by atoms with Gasteiger partial charge >= 0.3 is 0 Å². The molecule has 168 valence electrons. The third-order valence-electron chi connectivity index (χ3n) is 7.16. The molecule has 1 atom stereocenters. The summed E-state index contributed by atoms with van der Waals surface area (Å²) in [5.74, 6) is -0.0239. The Morgan fingerprint density at radius 3 is 2.55 bits per heavy atom. The van der Waals surface area contributed by atoms with Gasteiger partial charge in [0, 0.05) is 17.8 Å². The smallest absolute Gasteiger partial charge is 0.250 e. The molecule has 0 aromatic carbocycles. The molecule has 4 rings (SSSR count). The van der Waals surface area contributed by atoms with E-state index in [9.17, 15) is 14.4 Å². The number of fused-ring (bicyclic) bond motifs is 1. The number of nitrogens with one attached hydrogen (secondary N) is 1. The molecule has 2 aliphatic heterocycles. The van der Waals surface area contributed by atoms with Gasteiger partial charge in [-0.25, -0.2) is 0 Å². The van der Waals surface area contributed by atoms with Gasteiger partial charge in [-0.1, -0.05) is 38.2 Å². The highest BCUT2D eigenvalue weighted by Crippen LogP contribution is 2.35. The quantitative estimate of drug-likeness (QED) is 0.732. The minimum absolute atomic E-state index is 0.0157. The first-order valence-electron chi connectivity index (χ1n) is 11.8. The average molecular weight is 427 g/mol. The van der Waals surface area contributed by atoms with Crippen LogP contribution in [0.4, 0.5) is 0 Å². The van der Waals surface area contributed by atoms with Crippen molar-refractivity contribution in [1.29, 1.82) is 0 Å². The lowest BCUT2D eigenvalue weighted by Gasteiger charge is -2.47. The van der Waals surface area contributed by atoms with Crippen LogP contribution in [0.15, 0.2) is 28.9 Å². The van der Waals surface area contributed by atoms with E-state index in [0.29, 0.717) is 5.84 Å². The predicted molar refractivity (Wildman–Crippen MR) is 119 cm³/mol. The Hall–Kier alpha value is -2.44. The standard InChI is InChI=1S/C24H34N4O3/c1-17-9-8-14-20-26-21(29)15-24(2,28(17)20)23(31)27(19-12-6-7-13-19)16-22(30)25-18-10-4-3-5-11-18/h8-9,14,18-19H,3-7,10-13,15-16H2,1-2H3,(H,25,30). The second-order valence-electron chi connectivity index (χ2n) is 9.59. The predicted octanol–water partition coefficient (Wildman–Crippen LogP) is 3.07. The van der Waals surface area contributed by atoms with Crippen LogP contribution in [0.1, 0.15) is 78.1 Å². The van der Waals surface area contributed by atoms with Crippen LogP contribution in [0.3, 0.4) is 0 Å². The number of aliphatic imine (C=N–C) groups is 1.